The fraction of sp³-hybridized carbons (Fsp3) is 0.625. The highest BCUT2D eigenvalue weighted by molar-refractivity contribution is 7.78. The van der Waals surface area contributed by atoms with Crippen molar-refractivity contribution in [3.05, 3.63) is 12.7 Å². The number of amides is 1. The molecule has 1 aliphatic rings. The molecule has 0 spiro atoms. The third-order valence-electron chi connectivity index (χ3n) is 1.97. The zero-order valence-corrected chi connectivity index (χ0v) is 7.96. The van der Waals surface area contributed by atoms with Gasteiger partial charge in [-0.15, -0.1) is 0 Å². The first-order chi connectivity index (χ1) is 5.75. The highest BCUT2D eigenvalue weighted by Gasteiger charge is 2.17. The molecule has 0 radical (unpaired) electrons. The van der Waals surface area contributed by atoms with Crippen molar-refractivity contribution in [2.45, 2.75) is 19.3 Å². The van der Waals surface area contributed by atoms with Crippen LogP contribution in [0, 0.1) is 0 Å². The fourth-order valence-corrected chi connectivity index (χ4v) is 1.55. The van der Waals surface area contributed by atoms with Crippen LogP contribution in [0.3, 0.4) is 0 Å². The van der Waals surface area contributed by atoms with Crippen LogP contribution < -0.4 is 0 Å². The Bertz CT molecular complexity index is 178. The molecule has 1 amide bonds. The molecule has 0 N–H and O–H groups in total. The summed E-state index contributed by atoms with van der Waals surface area (Å²) in [7, 11) is 0. The lowest BCUT2D eigenvalue weighted by atomic mass is 10.2. The van der Waals surface area contributed by atoms with Gasteiger partial charge in [-0.1, -0.05) is 13.0 Å². The summed E-state index contributed by atoms with van der Waals surface area (Å²) < 4.78 is 1.35. The number of thiol groups is 1. The van der Waals surface area contributed by atoms with Crippen LogP contribution in [0.25, 0.3) is 0 Å². The largest absolute Gasteiger partial charge is 0.270 e. The van der Waals surface area contributed by atoms with Crippen LogP contribution in [0.5, 0.6) is 0 Å². The van der Waals surface area contributed by atoms with Crippen LogP contribution in [-0.2, 0) is 4.79 Å². The molecule has 12 heavy (non-hydrogen) atoms. The van der Waals surface area contributed by atoms with E-state index in [0.717, 1.165) is 25.9 Å². The topological polar surface area (TPSA) is 23.6 Å². The Kier molecular flexibility index (Phi) is 3.62. The summed E-state index contributed by atoms with van der Waals surface area (Å²) in [4.78, 5) is 11.1. The zero-order valence-electron chi connectivity index (χ0n) is 7.07. The van der Waals surface area contributed by atoms with Gasteiger partial charge in [-0.2, -0.15) is 0 Å². The molecule has 1 heterocycles. The Labute approximate surface area is 78.5 Å². The van der Waals surface area contributed by atoms with Gasteiger partial charge in [0.2, 0.25) is 0 Å². The van der Waals surface area contributed by atoms with E-state index in [9.17, 15) is 4.79 Å². The molecule has 0 atom stereocenters. The standard InChI is InChI=1S/C8H14N2OS/c1-2-8(11)10(12)9-6-4-3-5-7-9/h2,12H,1,3-7H2. The molecule has 1 fully saturated rings. The second kappa shape index (κ2) is 4.52. The van der Waals surface area contributed by atoms with E-state index in [4.69, 9.17) is 0 Å². The van der Waals surface area contributed by atoms with Crippen molar-refractivity contribution in [1.82, 2.24) is 9.42 Å². The number of carbonyl (C=O) groups is 1. The van der Waals surface area contributed by atoms with Gasteiger partial charge in [0.15, 0.2) is 0 Å². The van der Waals surface area contributed by atoms with Crippen molar-refractivity contribution in [1.29, 1.82) is 0 Å². The smallest absolute Gasteiger partial charge is 0.267 e. The van der Waals surface area contributed by atoms with Gasteiger partial charge in [-0.05, 0) is 31.7 Å². The number of nitrogens with zero attached hydrogens (tertiary/aromatic N) is 2. The summed E-state index contributed by atoms with van der Waals surface area (Å²) in [6, 6.07) is 0. The van der Waals surface area contributed by atoms with Crippen molar-refractivity contribution < 1.29 is 4.79 Å². The summed E-state index contributed by atoms with van der Waals surface area (Å²) >= 11 is 4.09. The Morgan fingerprint density at radius 1 is 1.42 bits per heavy atom. The van der Waals surface area contributed by atoms with Crippen molar-refractivity contribution in [3.8, 4) is 0 Å². The normalized spacial score (nSPS) is 18.8. The average molecular weight is 186 g/mol. The molecule has 0 aliphatic carbocycles. The predicted octanol–water partition coefficient (Wildman–Crippen LogP) is 1.25. The van der Waals surface area contributed by atoms with Gasteiger partial charge in [-0.25, -0.2) is 9.42 Å². The molecule has 0 unspecified atom stereocenters. The lowest BCUT2D eigenvalue weighted by molar-refractivity contribution is -0.131. The number of piperidine rings is 1. The van der Waals surface area contributed by atoms with E-state index in [2.05, 4.69) is 19.4 Å². The van der Waals surface area contributed by atoms with Gasteiger partial charge < -0.3 is 0 Å². The first kappa shape index (κ1) is 9.61. The summed E-state index contributed by atoms with van der Waals surface area (Å²) in [5.74, 6) is -0.153. The van der Waals surface area contributed by atoms with E-state index >= 15 is 0 Å². The number of rotatable bonds is 2. The SMILES string of the molecule is C=CC(=O)N(S)N1CCCCC1. The Hall–Kier alpha value is -0.480. The number of carbonyl (C=O) groups excluding carboxylic acids is 1. The van der Waals surface area contributed by atoms with E-state index in [1.165, 1.54) is 16.9 Å². The van der Waals surface area contributed by atoms with Crippen LogP contribution in [0.2, 0.25) is 0 Å². The van der Waals surface area contributed by atoms with Gasteiger partial charge >= 0.3 is 0 Å². The molecular weight excluding hydrogens is 172 g/mol. The van der Waals surface area contributed by atoms with Crippen LogP contribution in [0.15, 0.2) is 12.7 Å². The molecular formula is C8H14N2OS. The number of hydrogen-bond acceptors (Lipinski definition) is 3. The van der Waals surface area contributed by atoms with Crippen molar-refractivity contribution in [2.75, 3.05) is 13.1 Å². The van der Waals surface area contributed by atoms with Gasteiger partial charge in [0.05, 0.1) is 0 Å². The molecule has 4 heteroatoms. The molecule has 0 saturated carbocycles. The summed E-state index contributed by atoms with van der Waals surface area (Å²) in [5, 5.41) is 1.94. The summed E-state index contributed by atoms with van der Waals surface area (Å²) in [6.45, 7) is 5.25. The molecule has 68 valence electrons. The average Bonchev–Trinajstić information content (AvgIpc) is 2.17. The maximum atomic E-state index is 11.1. The van der Waals surface area contributed by atoms with E-state index in [0.29, 0.717) is 0 Å². The van der Waals surface area contributed by atoms with Gasteiger partial charge in [0.25, 0.3) is 5.91 Å². The third kappa shape index (κ3) is 2.25. The predicted molar refractivity (Wildman–Crippen MR) is 51.5 cm³/mol. The maximum absolute atomic E-state index is 11.1. The first-order valence-electron chi connectivity index (χ1n) is 4.16. The van der Waals surface area contributed by atoms with Gasteiger partial charge in [-0.3, -0.25) is 4.79 Å². The van der Waals surface area contributed by atoms with Crippen molar-refractivity contribution in [3.63, 3.8) is 0 Å². The second-order valence-corrected chi connectivity index (χ2v) is 3.23. The Balaban J connectivity index is 2.44. The third-order valence-corrected chi connectivity index (χ3v) is 2.42. The molecule has 0 bridgehead atoms. The highest BCUT2D eigenvalue weighted by Crippen LogP contribution is 2.13. The van der Waals surface area contributed by atoms with E-state index in [1.54, 1.807) is 0 Å². The molecule has 3 nitrogen and oxygen atoms in total. The number of hydrogen-bond donors (Lipinski definition) is 1. The van der Waals surface area contributed by atoms with Crippen molar-refractivity contribution in [2.24, 2.45) is 0 Å². The quantitative estimate of drug-likeness (QED) is 0.518. The fourth-order valence-electron chi connectivity index (χ4n) is 1.29. The highest BCUT2D eigenvalue weighted by atomic mass is 32.1. The van der Waals surface area contributed by atoms with Gasteiger partial charge in [0, 0.05) is 13.1 Å². The maximum Gasteiger partial charge on any atom is 0.270 e. The lowest BCUT2D eigenvalue weighted by Gasteiger charge is -2.32. The van der Waals surface area contributed by atoms with Crippen LogP contribution in [0.4, 0.5) is 0 Å². The molecule has 0 aromatic rings. The monoisotopic (exact) mass is 186 g/mol. The lowest BCUT2D eigenvalue weighted by Crippen LogP contribution is -2.42. The minimum Gasteiger partial charge on any atom is -0.267 e. The molecule has 0 aromatic carbocycles. The van der Waals surface area contributed by atoms with E-state index in [1.807, 2.05) is 5.01 Å². The van der Waals surface area contributed by atoms with E-state index < -0.39 is 0 Å². The second-order valence-electron chi connectivity index (χ2n) is 2.85. The van der Waals surface area contributed by atoms with E-state index in [-0.39, 0.29) is 5.91 Å². The van der Waals surface area contributed by atoms with Gasteiger partial charge in [0.1, 0.15) is 0 Å². The molecule has 1 rings (SSSR count). The molecule has 1 saturated heterocycles. The van der Waals surface area contributed by atoms with Crippen molar-refractivity contribution >= 4 is 18.7 Å². The van der Waals surface area contributed by atoms with Crippen LogP contribution in [-0.4, -0.2) is 28.4 Å². The Morgan fingerprint density at radius 3 is 2.50 bits per heavy atom. The van der Waals surface area contributed by atoms with Crippen LogP contribution >= 0.6 is 12.8 Å². The molecule has 0 aromatic heterocycles. The number of hydrazine groups is 1. The van der Waals surface area contributed by atoms with Crippen LogP contribution in [0.1, 0.15) is 19.3 Å². The summed E-state index contributed by atoms with van der Waals surface area (Å²) in [6.07, 6.45) is 4.81. The Morgan fingerprint density at radius 2 is 2.00 bits per heavy atom. The minimum absolute atomic E-state index is 0.153. The zero-order chi connectivity index (χ0) is 8.97. The first-order valence-corrected chi connectivity index (χ1v) is 4.56. The summed E-state index contributed by atoms with van der Waals surface area (Å²) in [5.41, 5.74) is 0. The minimum atomic E-state index is -0.153. The molecule has 1 aliphatic heterocycles.